The Hall–Kier alpha value is -1.88. The minimum atomic E-state index is -1.50. The molecular weight excluding hydrogens is 246 g/mol. The lowest BCUT2D eigenvalue weighted by Gasteiger charge is -2.09. The maximum absolute atomic E-state index is 11.5. The number of carbonyl (C=O) groups is 2. The number of aliphatic carboxylic acids is 1. The Kier molecular flexibility index (Phi) is 2.85. The first-order valence-electron chi connectivity index (χ1n) is 4.75. The first-order valence-corrected chi connectivity index (χ1v) is 5.13. The van der Waals surface area contributed by atoms with Gasteiger partial charge in [-0.1, -0.05) is 17.7 Å². The number of rotatable bonds is 3. The van der Waals surface area contributed by atoms with Crippen molar-refractivity contribution in [2.45, 2.75) is 6.42 Å². The van der Waals surface area contributed by atoms with E-state index in [-0.39, 0.29) is 10.7 Å². The summed E-state index contributed by atoms with van der Waals surface area (Å²) in [5, 5.41) is 8.98. The van der Waals surface area contributed by atoms with Gasteiger partial charge in [-0.15, -0.1) is 0 Å². The third-order valence-corrected chi connectivity index (χ3v) is 2.86. The first-order chi connectivity index (χ1) is 8.06. The molecule has 6 heteroatoms. The van der Waals surface area contributed by atoms with Crippen molar-refractivity contribution in [3.63, 3.8) is 0 Å². The number of halogens is 1. The molecule has 2 rings (SSSR count). The van der Waals surface area contributed by atoms with E-state index in [0.717, 1.165) is 0 Å². The summed E-state index contributed by atoms with van der Waals surface area (Å²) in [5.41, 5.74) is 1.16. The smallest absolute Gasteiger partial charge is 0.377 e. The Balaban J connectivity index is 2.58. The fraction of sp³-hybridized carbons (Fsp3) is 0.182. The molecular formula is C11H8ClNO4. The van der Waals surface area contributed by atoms with E-state index in [4.69, 9.17) is 21.4 Å². The normalized spacial score (nSPS) is 12.9. The lowest BCUT2D eigenvalue weighted by atomic mass is 10.0. The van der Waals surface area contributed by atoms with E-state index in [0.29, 0.717) is 23.3 Å². The van der Waals surface area contributed by atoms with Crippen LogP contribution in [0.5, 0.6) is 5.75 Å². The van der Waals surface area contributed by atoms with E-state index in [1.54, 1.807) is 0 Å². The van der Waals surface area contributed by atoms with Crippen molar-refractivity contribution < 1.29 is 19.4 Å². The zero-order chi connectivity index (χ0) is 12.6. The largest absolute Gasteiger partial charge is 0.494 e. The summed E-state index contributed by atoms with van der Waals surface area (Å²) in [6.07, 6.45) is 3.28. The van der Waals surface area contributed by atoms with E-state index in [9.17, 15) is 9.59 Å². The number of aromatic nitrogens is 1. The van der Waals surface area contributed by atoms with Crippen molar-refractivity contribution in [1.82, 2.24) is 4.98 Å². The van der Waals surface area contributed by atoms with Gasteiger partial charge in [0.15, 0.2) is 0 Å². The minimum Gasteiger partial charge on any atom is -0.494 e. The van der Waals surface area contributed by atoms with E-state index < -0.39 is 11.8 Å². The number of methoxy groups -OCH3 is 1. The van der Waals surface area contributed by atoms with Crippen LogP contribution in [-0.2, 0) is 16.0 Å². The number of hydrogen-bond donors (Lipinski definition) is 1. The highest BCUT2D eigenvalue weighted by atomic mass is 35.5. The maximum atomic E-state index is 11.5. The maximum Gasteiger partial charge on any atom is 0.377 e. The fourth-order valence-electron chi connectivity index (χ4n) is 1.77. The van der Waals surface area contributed by atoms with Crippen LogP contribution in [0.4, 0.5) is 0 Å². The number of carbonyl (C=O) groups excluding carboxylic acids is 1. The molecule has 1 N–H and O–H groups in total. The molecule has 0 saturated heterocycles. The van der Waals surface area contributed by atoms with Crippen LogP contribution in [0, 0.1) is 0 Å². The van der Waals surface area contributed by atoms with Gasteiger partial charge in [0.1, 0.15) is 10.9 Å². The Morgan fingerprint density at radius 3 is 2.82 bits per heavy atom. The van der Waals surface area contributed by atoms with Gasteiger partial charge in [0.05, 0.1) is 13.3 Å². The van der Waals surface area contributed by atoms with E-state index in [1.165, 1.54) is 19.4 Å². The Labute approximate surface area is 102 Å². The molecule has 17 heavy (non-hydrogen) atoms. The molecule has 0 aromatic carbocycles. The summed E-state index contributed by atoms with van der Waals surface area (Å²) < 4.78 is 5.07. The van der Waals surface area contributed by atoms with Gasteiger partial charge < -0.3 is 9.84 Å². The van der Waals surface area contributed by atoms with Crippen LogP contribution in [0.3, 0.4) is 0 Å². The molecule has 5 nitrogen and oxygen atoms in total. The van der Waals surface area contributed by atoms with Crippen molar-refractivity contribution in [3.05, 3.63) is 28.6 Å². The Morgan fingerprint density at radius 1 is 1.53 bits per heavy atom. The molecule has 0 spiro atoms. The number of carboxylic acids is 1. The highest BCUT2D eigenvalue weighted by Crippen LogP contribution is 2.38. The fourth-order valence-corrected chi connectivity index (χ4v) is 1.99. The molecule has 0 unspecified atom stereocenters. The monoisotopic (exact) mass is 253 g/mol. The van der Waals surface area contributed by atoms with E-state index in [2.05, 4.69) is 4.98 Å². The molecule has 88 valence electrons. The number of ketones is 1. The van der Waals surface area contributed by atoms with Crippen molar-refractivity contribution in [2.24, 2.45) is 0 Å². The molecule has 1 aromatic heterocycles. The van der Waals surface area contributed by atoms with Crippen LogP contribution in [0.1, 0.15) is 11.1 Å². The van der Waals surface area contributed by atoms with Crippen LogP contribution >= 0.6 is 11.6 Å². The molecule has 0 amide bonds. The predicted molar refractivity (Wildman–Crippen MR) is 60.1 cm³/mol. The Bertz CT molecular complexity index is 551. The van der Waals surface area contributed by atoms with Crippen molar-refractivity contribution in [1.29, 1.82) is 0 Å². The van der Waals surface area contributed by atoms with Gasteiger partial charge in [-0.3, -0.25) is 4.79 Å². The van der Waals surface area contributed by atoms with E-state index in [1.807, 2.05) is 0 Å². The number of hydrogen-bond acceptors (Lipinski definition) is 4. The summed E-state index contributed by atoms with van der Waals surface area (Å²) >= 11 is 5.89. The van der Waals surface area contributed by atoms with Crippen molar-refractivity contribution in [2.75, 3.05) is 7.11 Å². The number of pyridine rings is 1. The van der Waals surface area contributed by atoms with Gasteiger partial charge in [-0.2, -0.15) is 0 Å². The SMILES string of the molecule is COc1cnc(Cl)c2c1C(C(=O)C(=O)O)=CC2. The average molecular weight is 254 g/mol. The Morgan fingerprint density at radius 2 is 2.24 bits per heavy atom. The van der Waals surface area contributed by atoms with Crippen LogP contribution in [-0.4, -0.2) is 29.0 Å². The number of ether oxygens (including phenoxy) is 1. The molecule has 1 heterocycles. The molecule has 0 bridgehead atoms. The lowest BCUT2D eigenvalue weighted by Crippen LogP contribution is -2.14. The molecule has 0 aliphatic heterocycles. The van der Waals surface area contributed by atoms with Crippen molar-refractivity contribution in [3.8, 4) is 5.75 Å². The summed E-state index contributed by atoms with van der Waals surface area (Å²) in [4.78, 5) is 26.1. The summed E-state index contributed by atoms with van der Waals surface area (Å²) in [6.45, 7) is 0. The number of carboxylic acid groups (broad SMARTS) is 1. The third-order valence-electron chi connectivity index (χ3n) is 2.53. The van der Waals surface area contributed by atoms with Gasteiger partial charge in [0, 0.05) is 16.7 Å². The third kappa shape index (κ3) is 1.78. The lowest BCUT2D eigenvalue weighted by molar-refractivity contribution is -0.146. The van der Waals surface area contributed by atoms with Crippen LogP contribution in [0.25, 0.3) is 5.57 Å². The van der Waals surface area contributed by atoms with Crippen LogP contribution in [0.15, 0.2) is 12.3 Å². The molecule has 0 radical (unpaired) electrons. The topological polar surface area (TPSA) is 76.5 Å². The average Bonchev–Trinajstić information content (AvgIpc) is 2.74. The number of fused-ring (bicyclic) bond motifs is 1. The zero-order valence-electron chi connectivity index (χ0n) is 8.86. The predicted octanol–water partition coefficient (Wildman–Crippen LogP) is 1.34. The second-order valence-corrected chi connectivity index (χ2v) is 3.79. The molecule has 1 aliphatic carbocycles. The zero-order valence-corrected chi connectivity index (χ0v) is 9.61. The van der Waals surface area contributed by atoms with Gasteiger partial charge in [0.25, 0.3) is 5.78 Å². The van der Waals surface area contributed by atoms with Gasteiger partial charge in [-0.05, 0) is 6.42 Å². The van der Waals surface area contributed by atoms with Gasteiger partial charge in [0.2, 0.25) is 0 Å². The molecule has 0 fully saturated rings. The number of allylic oxidation sites excluding steroid dienone is 1. The number of Topliss-reactive ketones (excluding diaryl/α,β-unsaturated/α-hetero) is 1. The molecule has 1 aromatic rings. The van der Waals surface area contributed by atoms with Crippen LogP contribution in [0.2, 0.25) is 5.15 Å². The molecule has 0 saturated carbocycles. The minimum absolute atomic E-state index is 0.105. The molecule has 0 atom stereocenters. The highest BCUT2D eigenvalue weighted by molar-refractivity contribution is 6.52. The summed E-state index contributed by atoms with van der Waals surface area (Å²) in [7, 11) is 1.42. The number of nitrogens with zero attached hydrogens (tertiary/aromatic N) is 1. The van der Waals surface area contributed by atoms with Crippen molar-refractivity contribution >= 4 is 28.9 Å². The standard InChI is InChI=1S/C11H8ClNO4/c1-17-7-4-13-10(12)6-3-2-5(8(6)7)9(14)11(15)16/h2,4H,3H2,1H3,(H,15,16). The van der Waals surface area contributed by atoms with Gasteiger partial charge in [-0.25, -0.2) is 9.78 Å². The second-order valence-electron chi connectivity index (χ2n) is 3.43. The van der Waals surface area contributed by atoms with E-state index >= 15 is 0 Å². The summed E-state index contributed by atoms with van der Waals surface area (Å²) in [5.74, 6) is -2.12. The molecule has 1 aliphatic rings. The second kappa shape index (κ2) is 4.18. The first kappa shape index (κ1) is 11.6. The van der Waals surface area contributed by atoms with Crippen LogP contribution < -0.4 is 4.74 Å². The van der Waals surface area contributed by atoms with Gasteiger partial charge >= 0.3 is 5.97 Å². The quantitative estimate of drug-likeness (QED) is 0.650. The summed E-state index contributed by atoms with van der Waals surface area (Å²) in [6, 6.07) is 0. The highest BCUT2D eigenvalue weighted by Gasteiger charge is 2.29.